The van der Waals surface area contributed by atoms with Crippen molar-refractivity contribution in [1.82, 2.24) is 10.2 Å². The summed E-state index contributed by atoms with van der Waals surface area (Å²) in [5.41, 5.74) is 1.08. The van der Waals surface area contributed by atoms with Gasteiger partial charge in [-0.05, 0) is 29.7 Å². The van der Waals surface area contributed by atoms with Crippen molar-refractivity contribution in [1.29, 1.82) is 0 Å². The van der Waals surface area contributed by atoms with Crippen molar-refractivity contribution in [2.75, 3.05) is 7.11 Å². The van der Waals surface area contributed by atoms with Crippen LogP contribution in [0.1, 0.15) is 20.9 Å². The highest BCUT2D eigenvalue weighted by Gasteiger charge is 2.15. The normalized spacial score (nSPS) is 11.3. The lowest BCUT2D eigenvalue weighted by Crippen LogP contribution is -2.04. The molecular weight excluding hydrogens is 291 g/mol. The van der Waals surface area contributed by atoms with Crippen LogP contribution in [-0.2, 0) is 4.74 Å². The van der Waals surface area contributed by atoms with Gasteiger partial charge >= 0.3 is 5.97 Å². The fourth-order valence-electron chi connectivity index (χ4n) is 2.00. The van der Waals surface area contributed by atoms with Crippen LogP contribution in [0, 0.1) is 5.82 Å². The monoisotopic (exact) mass is 302 g/mol. The number of hydrogen-bond donors (Lipinski definition) is 1. The lowest BCUT2D eigenvalue weighted by atomic mass is 10.1. The first-order valence-electron chi connectivity index (χ1n) is 6.16. The van der Waals surface area contributed by atoms with E-state index in [1.807, 2.05) is 29.7 Å². The molecule has 0 fully saturated rings. The van der Waals surface area contributed by atoms with E-state index in [4.69, 9.17) is 0 Å². The third-order valence-corrected chi connectivity index (χ3v) is 3.87. The molecule has 0 amide bonds. The van der Waals surface area contributed by atoms with Crippen LogP contribution in [0.5, 0.6) is 0 Å². The second kappa shape index (κ2) is 5.49. The number of benzene rings is 1. The molecule has 1 N–H and O–H groups in total. The number of aromatic nitrogens is 2. The maximum absolute atomic E-state index is 13.8. The van der Waals surface area contributed by atoms with Crippen LogP contribution >= 0.6 is 11.3 Å². The Balaban J connectivity index is 2.06. The number of nitrogens with one attached hydrogen (secondary N) is 1. The maximum Gasteiger partial charge on any atom is 0.340 e. The van der Waals surface area contributed by atoms with Gasteiger partial charge in [0.2, 0.25) is 0 Å². The zero-order valence-corrected chi connectivity index (χ0v) is 11.9. The van der Waals surface area contributed by atoms with Gasteiger partial charge in [-0.1, -0.05) is 6.07 Å². The number of aromatic amines is 1. The smallest absolute Gasteiger partial charge is 0.340 e. The molecule has 0 spiro atoms. The number of hydrogen-bond acceptors (Lipinski definition) is 4. The van der Waals surface area contributed by atoms with E-state index in [9.17, 15) is 9.18 Å². The van der Waals surface area contributed by atoms with Gasteiger partial charge in [0.05, 0.1) is 23.9 Å². The fourth-order valence-corrected chi connectivity index (χ4v) is 2.62. The number of halogens is 1. The van der Waals surface area contributed by atoms with E-state index in [2.05, 4.69) is 14.9 Å². The van der Waals surface area contributed by atoms with Crippen LogP contribution in [0.25, 0.3) is 23.1 Å². The predicted molar refractivity (Wildman–Crippen MR) is 80.6 cm³/mol. The Kier molecular flexibility index (Phi) is 3.53. The van der Waals surface area contributed by atoms with Crippen molar-refractivity contribution >= 4 is 40.4 Å². The number of carbonyl (C=O) groups excluding carboxylic acids is 1. The molecule has 0 unspecified atom stereocenters. The average molecular weight is 302 g/mol. The molecule has 3 rings (SSSR count). The molecule has 0 atom stereocenters. The zero-order valence-electron chi connectivity index (χ0n) is 11.1. The van der Waals surface area contributed by atoms with E-state index in [-0.39, 0.29) is 5.56 Å². The standard InChI is InChI=1S/C15H11FN2O2S/c1-20-15(19)10-7-11-13(5-4-9-3-2-6-21-9)17-18-14(11)8-12(10)16/h2-8H,1H3,(H,17,18)/b5-4+. The summed E-state index contributed by atoms with van der Waals surface area (Å²) in [6, 6.07) is 6.64. The van der Waals surface area contributed by atoms with E-state index in [0.29, 0.717) is 16.6 Å². The number of rotatable bonds is 3. The molecule has 4 nitrogen and oxygen atoms in total. The Morgan fingerprint density at radius 1 is 1.43 bits per heavy atom. The average Bonchev–Trinajstić information content (AvgIpc) is 3.12. The van der Waals surface area contributed by atoms with Gasteiger partial charge in [-0.3, -0.25) is 5.10 Å². The summed E-state index contributed by atoms with van der Waals surface area (Å²) in [5.74, 6) is -1.34. The minimum atomic E-state index is -0.705. The van der Waals surface area contributed by atoms with E-state index in [1.165, 1.54) is 19.2 Å². The number of esters is 1. The Hall–Kier alpha value is -2.47. The predicted octanol–water partition coefficient (Wildman–Crippen LogP) is 3.72. The molecule has 0 aliphatic heterocycles. The molecule has 0 aliphatic carbocycles. The third kappa shape index (κ3) is 2.57. The van der Waals surface area contributed by atoms with Crippen LogP contribution in [0.3, 0.4) is 0 Å². The Labute approximate surface area is 123 Å². The molecule has 6 heteroatoms. The summed E-state index contributed by atoms with van der Waals surface area (Å²) >= 11 is 1.61. The van der Waals surface area contributed by atoms with Gasteiger partial charge in [-0.15, -0.1) is 11.3 Å². The molecular formula is C15H11FN2O2S. The number of thiophene rings is 1. The number of nitrogens with zero attached hydrogens (tertiary/aromatic N) is 1. The first-order valence-corrected chi connectivity index (χ1v) is 7.04. The van der Waals surface area contributed by atoms with Crippen molar-refractivity contribution in [2.24, 2.45) is 0 Å². The van der Waals surface area contributed by atoms with Gasteiger partial charge in [0.1, 0.15) is 5.82 Å². The van der Waals surface area contributed by atoms with Gasteiger partial charge in [-0.25, -0.2) is 9.18 Å². The Morgan fingerprint density at radius 3 is 3.00 bits per heavy atom. The van der Waals surface area contributed by atoms with Crippen molar-refractivity contribution in [2.45, 2.75) is 0 Å². The lowest BCUT2D eigenvalue weighted by molar-refractivity contribution is 0.0596. The Morgan fingerprint density at radius 2 is 2.29 bits per heavy atom. The number of fused-ring (bicyclic) bond motifs is 1. The quantitative estimate of drug-likeness (QED) is 0.750. The fraction of sp³-hybridized carbons (Fsp3) is 0.0667. The minimum absolute atomic E-state index is 0.0998. The van der Waals surface area contributed by atoms with Crippen LogP contribution in [0.4, 0.5) is 4.39 Å². The van der Waals surface area contributed by atoms with E-state index in [0.717, 1.165) is 4.88 Å². The first kappa shape index (κ1) is 13.5. The van der Waals surface area contributed by atoms with Crippen molar-refractivity contribution in [3.8, 4) is 0 Å². The molecule has 0 saturated carbocycles. The number of methoxy groups -OCH3 is 1. The molecule has 106 valence electrons. The van der Waals surface area contributed by atoms with E-state index < -0.39 is 11.8 Å². The molecule has 21 heavy (non-hydrogen) atoms. The maximum atomic E-state index is 13.8. The van der Waals surface area contributed by atoms with E-state index >= 15 is 0 Å². The summed E-state index contributed by atoms with van der Waals surface area (Å²) in [6.45, 7) is 0. The third-order valence-electron chi connectivity index (χ3n) is 3.03. The second-order valence-corrected chi connectivity index (χ2v) is 5.31. The van der Waals surface area contributed by atoms with E-state index in [1.54, 1.807) is 11.3 Å². The number of carbonyl (C=O) groups is 1. The highest BCUT2D eigenvalue weighted by atomic mass is 32.1. The van der Waals surface area contributed by atoms with Gasteiger partial charge in [0.15, 0.2) is 0 Å². The summed E-state index contributed by atoms with van der Waals surface area (Å²) in [4.78, 5) is 12.6. The summed E-state index contributed by atoms with van der Waals surface area (Å²) in [7, 11) is 1.22. The van der Waals surface area contributed by atoms with Gasteiger partial charge in [-0.2, -0.15) is 5.10 Å². The van der Waals surface area contributed by atoms with Crippen molar-refractivity contribution < 1.29 is 13.9 Å². The zero-order chi connectivity index (χ0) is 14.8. The van der Waals surface area contributed by atoms with Crippen molar-refractivity contribution in [3.05, 3.63) is 51.6 Å². The molecule has 2 heterocycles. The molecule has 3 aromatic rings. The molecule has 0 radical (unpaired) electrons. The topological polar surface area (TPSA) is 55.0 Å². The number of H-pyrrole nitrogens is 1. The minimum Gasteiger partial charge on any atom is -0.465 e. The molecule has 0 bridgehead atoms. The van der Waals surface area contributed by atoms with Crippen LogP contribution in [0.15, 0.2) is 29.6 Å². The molecule has 0 saturated heterocycles. The SMILES string of the molecule is COC(=O)c1cc2c(/C=C/c3cccs3)n[nH]c2cc1F. The van der Waals surface area contributed by atoms with Gasteiger partial charge in [0.25, 0.3) is 0 Å². The summed E-state index contributed by atoms with van der Waals surface area (Å²) < 4.78 is 18.4. The lowest BCUT2D eigenvalue weighted by Gasteiger charge is -2.01. The van der Waals surface area contributed by atoms with Crippen LogP contribution in [-0.4, -0.2) is 23.3 Å². The second-order valence-electron chi connectivity index (χ2n) is 4.33. The highest BCUT2D eigenvalue weighted by molar-refractivity contribution is 7.10. The molecule has 1 aromatic carbocycles. The Bertz CT molecular complexity index is 822. The van der Waals surface area contributed by atoms with Crippen LogP contribution < -0.4 is 0 Å². The van der Waals surface area contributed by atoms with Gasteiger partial charge in [0, 0.05) is 16.3 Å². The largest absolute Gasteiger partial charge is 0.465 e. The van der Waals surface area contributed by atoms with Crippen molar-refractivity contribution in [3.63, 3.8) is 0 Å². The molecule has 2 aromatic heterocycles. The molecule has 0 aliphatic rings. The van der Waals surface area contributed by atoms with Gasteiger partial charge < -0.3 is 4.74 Å². The summed E-state index contributed by atoms with van der Waals surface area (Å²) in [5, 5.41) is 9.54. The number of ether oxygens (including phenoxy) is 1. The highest BCUT2D eigenvalue weighted by Crippen LogP contribution is 2.23. The van der Waals surface area contributed by atoms with Crippen LogP contribution in [0.2, 0.25) is 0 Å². The summed E-state index contributed by atoms with van der Waals surface area (Å²) in [6.07, 6.45) is 3.74. The first-order chi connectivity index (χ1) is 10.2.